The number of amides is 1. The van der Waals surface area contributed by atoms with Crippen molar-refractivity contribution in [1.29, 1.82) is 0 Å². The molecule has 1 fully saturated rings. The van der Waals surface area contributed by atoms with Crippen molar-refractivity contribution in [1.82, 2.24) is 10.1 Å². The molecular formula is C18H20Cl2N3O2+. The van der Waals surface area contributed by atoms with E-state index >= 15 is 0 Å². The molecular weight excluding hydrogens is 361 g/mol. The predicted molar refractivity (Wildman–Crippen MR) is 97.7 cm³/mol. The third-order valence-electron chi connectivity index (χ3n) is 4.25. The van der Waals surface area contributed by atoms with Crippen LogP contribution in [-0.4, -0.2) is 42.1 Å². The molecule has 1 saturated heterocycles. The number of benzene rings is 1. The first kappa shape index (κ1) is 18.0. The Kier molecular flexibility index (Phi) is 5.78. The average molecular weight is 381 g/mol. The van der Waals surface area contributed by atoms with Crippen LogP contribution in [0.2, 0.25) is 10.0 Å². The lowest BCUT2D eigenvalue weighted by Gasteiger charge is -2.31. The maximum Gasteiger partial charge on any atom is 0.246 e. The molecule has 0 atom stereocenters. The lowest BCUT2D eigenvalue weighted by atomic mass is 10.2. The van der Waals surface area contributed by atoms with Gasteiger partial charge in [-0.3, -0.25) is 4.79 Å². The van der Waals surface area contributed by atoms with Crippen molar-refractivity contribution in [3.63, 3.8) is 0 Å². The highest BCUT2D eigenvalue weighted by Gasteiger charge is 2.23. The number of piperazine rings is 1. The van der Waals surface area contributed by atoms with Crippen molar-refractivity contribution in [2.24, 2.45) is 0 Å². The van der Waals surface area contributed by atoms with E-state index < -0.39 is 0 Å². The van der Waals surface area contributed by atoms with Crippen LogP contribution in [0, 0.1) is 6.92 Å². The van der Waals surface area contributed by atoms with Crippen molar-refractivity contribution in [2.45, 2.75) is 13.5 Å². The van der Waals surface area contributed by atoms with Crippen LogP contribution in [0.1, 0.15) is 17.0 Å². The number of hydrogen-bond donors (Lipinski definition) is 1. The summed E-state index contributed by atoms with van der Waals surface area (Å²) in [7, 11) is 0. The second-order valence-corrected chi connectivity index (χ2v) is 7.00. The standard InChI is InChI=1S/C18H19Cl2N3O2/c1-13-10-15(21-25-13)12-22-6-8-23(9-7-22)18(24)5-3-14-2-4-16(19)17(20)11-14/h2-5,10-11H,6-9,12H2,1H3/p+1/b5-3+. The van der Waals surface area contributed by atoms with Gasteiger partial charge >= 0.3 is 0 Å². The van der Waals surface area contributed by atoms with Crippen LogP contribution in [0.5, 0.6) is 0 Å². The molecule has 1 amide bonds. The van der Waals surface area contributed by atoms with Crippen molar-refractivity contribution >= 4 is 35.2 Å². The lowest BCUT2D eigenvalue weighted by Crippen LogP contribution is -3.13. The first-order chi connectivity index (χ1) is 12.0. The molecule has 5 nitrogen and oxygen atoms in total. The minimum Gasteiger partial charge on any atom is -0.361 e. The summed E-state index contributed by atoms with van der Waals surface area (Å²) in [6, 6.07) is 7.27. The van der Waals surface area contributed by atoms with Crippen LogP contribution in [0.15, 0.2) is 34.9 Å². The van der Waals surface area contributed by atoms with Gasteiger partial charge in [0.25, 0.3) is 0 Å². The van der Waals surface area contributed by atoms with Gasteiger partial charge in [-0.2, -0.15) is 0 Å². The molecule has 132 valence electrons. The Hall–Kier alpha value is -1.82. The number of halogens is 2. The Morgan fingerprint density at radius 2 is 2.04 bits per heavy atom. The summed E-state index contributed by atoms with van der Waals surface area (Å²) in [5.74, 6) is 0.845. The highest BCUT2D eigenvalue weighted by Crippen LogP contribution is 2.23. The van der Waals surface area contributed by atoms with Crippen LogP contribution in [0.25, 0.3) is 6.08 Å². The molecule has 0 aliphatic carbocycles. The van der Waals surface area contributed by atoms with E-state index in [1.807, 2.05) is 24.0 Å². The fourth-order valence-electron chi connectivity index (χ4n) is 2.87. The van der Waals surface area contributed by atoms with Gasteiger partial charge in [0, 0.05) is 12.1 Å². The highest BCUT2D eigenvalue weighted by atomic mass is 35.5. The second kappa shape index (κ2) is 8.04. The molecule has 0 spiro atoms. The van der Waals surface area contributed by atoms with E-state index in [9.17, 15) is 4.79 Å². The van der Waals surface area contributed by atoms with E-state index in [1.165, 1.54) is 4.90 Å². The first-order valence-corrected chi connectivity index (χ1v) is 8.94. The largest absolute Gasteiger partial charge is 0.361 e. The van der Waals surface area contributed by atoms with Crippen LogP contribution >= 0.6 is 23.2 Å². The van der Waals surface area contributed by atoms with Gasteiger partial charge in [0.05, 0.1) is 36.2 Å². The minimum atomic E-state index is 0.0161. The maximum atomic E-state index is 12.3. The summed E-state index contributed by atoms with van der Waals surface area (Å²) in [6.07, 6.45) is 3.35. The number of hydrogen-bond acceptors (Lipinski definition) is 3. The summed E-state index contributed by atoms with van der Waals surface area (Å²) in [4.78, 5) is 15.6. The van der Waals surface area contributed by atoms with Gasteiger partial charge in [-0.15, -0.1) is 0 Å². The number of rotatable bonds is 4. The molecule has 0 bridgehead atoms. The number of nitrogens with zero attached hydrogens (tertiary/aromatic N) is 2. The van der Waals surface area contributed by atoms with Gasteiger partial charge < -0.3 is 14.3 Å². The molecule has 7 heteroatoms. The molecule has 0 unspecified atom stereocenters. The smallest absolute Gasteiger partial charge is 0.246 e. The zero-order chi connectivity index (χ0) is 17.8. The fourth-order valence-corrected chi connectivity index (χ4v) is 3.17. The molecule has 0 saturated carbocycles. The SMILES string of the molecule is Cc1cc(C[NH+]2CCN(C(=O)/C=C/c3ccc(Cl)c(Cl)c3)CC2)no1. The van der Waals surface area contributed by atoms with E-state index in [0.29, 0.717) is 10.0 Å². The Balaban J connectivity index is 1.50. The molecule has 1 aromatic carbocycles. The summed E-state index contributed by atoms with van der Waals surface area (Å²) >= 11 is 11.9. The van der Waals surface area contributed by atoms with Gasteiger partial charge in [0.1, 0.15) is 18.0 Å². The Labute approximate surface area is 156 Å². The van der Waals surface area contributed by atoms with Crippen molar-refractivity contribution in [2.75, 3.05) is 26.2 Å². The van der Waals surface area contributed by atoms with E-state index in [4.69, 9.17) is 27.7 Å². The molecule has 1 aromatic heterocycles. The summed E-state index contributed by atoms with van der Waals surface area (Å²) < 4.78 is 5.10. The zero-order valence-electron chi connectivity index (χ0n) is 14.0. The van der Waals surface area contributed by atoms with E-state index in [2.05, 4.69) is 5.16 Å². The van der Waals surface area contributed by atoms with Gasteiger partial charge in [-0.1, -0.05) is 34.4 Å². The van der Waals surface area contributed by atoms with E-state index in [-0.39, 0.29) is 5.91 Å². The Bertz CT molecular complexity index is 780. The second-order valence-electron chi connectivity index (χ2n) is 6.19. The zero-order valence-corrected chi connectivity index (χ0v) is 15.5. The maximum absolute atomic E-state index is 12.3. The van der Waals surface area contributed by atoms with Crippen LogP contribution in [0.3, 0.4) is 0 Å². The molecule has 25 heavy (non-hydrogen) atoms. The molecule has 2 aromatic rings. The average Bonchev–Trinajstić information content (AvgIpc) is 3.01. The van der Waals surface area contributed by atoms with Gasteiger partial charge in [0.15, 0.2) is 0 Å². The van der Waals surface area contributed by atoms with Crippen LogP contribution in [0.4, 0.5) is 0 Å². The number of nitrogens with one attached hydrogen (secondary N) is 1. The number of carbonyl (C=O) groups is 1. The first-order valence-electron chi connectivity index (χ1n) is 8.19. The summed E-state index contributed by atoms with van der Waals surface area (Å²) in [5, 5.41) is 5.02. The number of aryl methyl sites for hydroxylation is 1. The van der Waals surface area contributed by atoms with Crippen LogP contribution in [-0.2, 0) is 11.3 Å². The number of carbonyl (C=O) groups excluding carboxylic acids is 1. The quantitative estimate of drug-likeness (QED) is 0.827. The molecule has 1 aliphatic rings. The third-order valence-corrected chi connectivity index (χ3v) is 4.99. The molecule has 3 rings (SSSR count). The van der Waals surface area contributed by atoms with E-state index in [1.54, 1.807) is 24.3 Å². The van der Waals surface area contributed by atoms with Crippen molar-refractivity contribution in [3.8, 4) is 0 Å². The third kappa shape index (κ3) is 4.84. The monoisotopic (exact) mass is 380 g/mol. The molecule has 2 heterocycles. The van der Waals surface area contributed by atoms with E-state index in [0.717, 1.165) is 49.7 Å². The summed E-state index contributed by atoms with van der Waals surface area (Å²) in [6.45, 7) is 5.99. The van der Waals surface area contributed by atoms with Gasteiger partial charge in [-0.05, 0) is 30.7 Å². The van der Waals surface area contributed by atoms with Crippen LogP contribution < -0.4 is 4.90 Å². The summed E-state index contributed by atoms with van der Waals surface area (Å²) in [5.41, 5.74) is 1.82. The molecule has 0 radical (unpaired) electrons. The highest BCUT2D eigenvalue weighted by molar-refractivity contribution is 6.42. The number of quaternary nitrogens is 1. The topological polar surface area (TPSA) is 50.8 Å². The van der Waals surface area contributed by atoms with Gasteiger partial charge in [0.2, 0.25) is 5.91 Å². The van der Waals surface area contributed by atoms with Gasteiger partial charge in [-0.25, -0.2) is 0 Å². The number of aromatic nitrogens is 1. The molecule has 1 aliphatic heterocycles. The molecule has 1 N–H and O–H groups in total. The van der Waals surface area contributed by atoms with Crippen molar-refractivity contribution < 1.29 is 14.2 Å². The Morgan fingerprint density at radius 1 is 1.28 bits per heavy atom. The Morgan fingerprint density at radius 3 is 2.68 bits per heavy atom. The normalized spacial score (nSPS) is 15.9. The lowest BCUT2D eigenvalue weighted by molar-refractivity contribution is -0.918. The fraction of sp³-hybridized carbons (Fsp3) is 0.333. The van der Waals surface area contributed by atoms with Crippen molar-refractivity contribution in [3.05, 3.63) is 57.4 Å². The minimum absolute atomic E-state index is 0.0161. The predicted octanol–water partition coefficient (Wildman–Crippen LogP) is 2.23.